The standard InChI is InChI=1S/C21H19FN2O3/c1-2-27-18-10-8-17(9-11-18)23-20(25)19-7-4-12-24(21(19)26)14-15-5-3-6-16(22)13-15/h3-13H,2,14H2,1H3,(H,23,25). The summed E-state index contributed by atoms with van der Waals surface area (Å²) in [5.74, 6) is -0.171. The fourth-order valence-electron chi connectivity index (χ4n) is 2.67. The molecule has 0 fully saturated rings. The van der Waals surface area contributed by atoms with Crippen molar-refractivity contribution in [3.8, 4) is 5.75 Å². The third-order valence-corrected chi connectivity index (χ3v) is 3.93. The van der Waals surface area contributed by atoms with Crippen molar-refractivity contribution < 1.29 is 13.9 Å². The van der Waals surface area contributed by atoms with Gasteiger partial charge in [0.15, 0.2) is 0 Å². The molecule has 3 aromatic rings. The van der Waals surface area contributed by atoms with Crippen LogP contribution < -0.4 is 15.6 Å². The van der Waals surface area contributed by atoms with Crippen LogP contribution in [0.2, 0.25) is 0 Å². The van der Waals surface area contributed by atoms with Gasteiger partial charge in [-0.3, -0.25) is 9.59 Å². The Morgan fingerprint density at radius 2 is 1.89 bits per heavy atom. The third-order valence-electron chi connectivity index (χ3n) is 3.93. The highest BCUT2D eigenvalue weighted by atomic mass is 19.1. The molecule has 0 aliphatic rings. The molecule has 0 radical (unpaired) electrons. The number of hydrogen-bond donors (Lipinski definition) is 1. The van der Waals surface area contributed by atoms with E-state index in [1.807, 2.05) is 6.92 Å². The van der Waals surface area contributed by atoms with Crippen molar-refractivity contribution in [1.82, 2.24) is 4.57 Å². The van der Waals surface area contributed by atoms with Crippen molar-refractivity contribution in [2.24, 2.45) is 0 Å². The maximum absolute atomic E-state index is 13.3. The van der Waals surface area contributed by atoms with E-state index in [2.05, 4.69) is 5.32 Å². The number of hydrogen-bond acceptors (Lipinski definition) is 3. The molecule has 1 aromatic heterocycles. The van der Waals surface area contributed by atoms with Crippen LogP contribution >= 0.6 is 0 Å². The molecule has 0 aliphatic carbocycles. The zero-order valence-corrected chi connectivity index (χ0v) is 14.8. The summed E-state index contributed by atoms with van der Waals surface area (Å²) in [6.07, 6.45) is 1.57. The molecule has 2 aromatic carbocycles. The predicted molar refractivity (Wildman–Crippen MR) is 102 cm³/mol. The molecular weight excluding hydrogens is 347 g/mol. The van der Waals surface area contributed by atoms with E-state index in [0.29, 0.717) is 23.6 Å². The van der Waals surface area contributed by atoms with E-state index in [0.717, 1.165) is 0 Å². The number of halogens is 1. The Morgan fingerprint density at radius 3 is 2.59 bits per heavy atom. The van der Waals surface area contributed by atoms with Gasteiger partial charge in [-0.1, -0.05) is 12.1 Å². The zero-order valence-electron chi connectivity index (χ0n) is 14.8. The van der Waals surface area contributed by atoms with E-state index in [1.165, 1.54) is 22.8 Å². The van der Waals surface area contributed by atoms with Gasteiger partial charge in [0.05, 0.1) is 13.2 Å². The summed E-state index contributed by atoms with van der Waals surface area (Å²) in [4.78, 5) is 25.1. The first-order valence-corrected chi connectivity index (χ1v) is 8.55. The van der Waals surface area contributed by atoms with Gasteiger partial charge in [0.1, 0.15) is 17.1 Å². The molecule has 0 unspecified atom stereocenters. The summed E-state index contributed by atoms with van der Waals surface area (Å²) in [6.45, 7) is 2.63. The van der Waals surface area contributed by atoms with Crippen LogP contribution in [0, 0.1) is 5.82 Å². The molecule has 138 valence electrons. The average molecular weight is 366 g/mol. The van der Waals surface area contributed by atoms with E-state index in [1.54, 1.807) is 48.7 Å². The van der Waals surface area contributed by atoms with Gasteiger partial charge in [-0.2, -0.15) is 0 Å². The van der Waals surface area contributed by atoms with Gasteiger partial charge in [-0.15, -0.1) is 0 Å². The minimum atomic E-state index is -0.502. The van der Waals surface area contributed by atoms with E-state index in [4.69, 9.17) is 4.74 Å². The molecule has 0 aliphatic heterocycles. The van der Waals surface area contributed by atoms with Gasteiger partial charge in [-0.25, -0.2) is 4.39 Å². The minimum absolute atomic E-state index is 0.0165. The summed E-state index contributed by atoms with van der Waals surface area (Å²) in [6, 6.07) is 16.0. The first-order chi connectivity index (χ1) is 13.1. The molecule has 5 nitrogen and oxygen atoms in total. The monoisotopic (exact) mass is 366 g/mol. The predicted octanol–water partition coefficient (Wildman–Crippen LogP) is 3.69. The molecule has 0 spiro atoms. The number of rotatable bonds is 6. The maximum Gasteiger partial charge on any atom is 0.263 e. The summed E-state index contributed by atoms with van der Waals surface area (Å²) in [7, 11) is 0. The number of amides is 1. The fraction of sp³-hybridized carbons (Fsp3) is 0.143. The number of nitrogens with one attached hydrogen (secondary N) is 1. The lowest BCUT2D eigenvalue weighted by Crippen LogP contribution is -2.29. The molecule has 0 bridgehead atoms. The largest absolute Gasteiger partial charge is 0.494 e. The molecule has 1 heterocycles. The quantitative estimate of drug-likeness (QED) is 0.724. The van der Waals surface area contributed by atoms with Crippen LogP contribution in [-0.4, -0.2) is 17.1 Å². The van der Waals surface area contributed by atoms with Crippen molar-refractivity contribution in [3.63, 3.8) is 0 Å². The van der Waals surface area contributed by atoms with Gasteiger partial charge < -0.3 is 14.6 Å². The van der Waals surface area contributed by atoms with Gasteiger partial charge in [0.2, 0.25) is 0 Å². The fourth-order valence-corrected chi connectivity index (χ4v) is 2.67. The van der Waals surface area contributed by atoms with E-state index < -0.39 is 11.5 Å². The van der Waals surface area contributed by atoms with Crippen molar-refractivity contribution in [1.29, 1.82) is 0 Å². The number of benzene rings is 2. The number of nitrogens with zero attached hydrogens (tertiary/aromatic N) is 1. The zero-order chi connectivity index (χ0) is 19.2. The second kappa shape index (κ2) is 8.31. The van der Waals surface area contributed by atoms with Crippen LogP contribution in [0.1, 0.15) is 22.8 Å². The molecule has 0 saturated carbocycles. The lowest BCUT2D eigenvalue weighted by atomic mass is 10.2. The first kappa shape index (κ1) is 18.4. The van der Waals surface area contributed by atoms with Crippen LogP contribution in [0.3, 0.4) is 0 Å². The van der Waals surface area contributed by atoms with Crippen molar-refractivity contribution >= 4 is 11.6 Å². The summed E-state index contributed by atoms with van der Waals surface area (Å²) in [5, 5.41) is 2.70. The van der Waals surface area contributed by atoms with Crippen LogP contribution in [0.5, 0.6) is 5.75 Å². The van der Waals surface area contributed by atoms with E-state index >= 15 is 0 Å². The number of aromatic nitrogens is 1. The van der Waals surface area contributed by atoms with Gasteiger partial charge in [0.25, 0.3) is 11.5 Å². The Kier molecular flexibility index (Phi) is 5.66. The minimum Gasteiger partial charge on any atom is -0.494 e. The molecule has 27 heavy (non-hydrogen) atoms. The van der Waals surface area contributed by atoms with Crippen molar-refractivity contribution in [3.05, 3.63) is 94.2 Å². The topological polar surface area (TPSA) is 60.3 Å². The third kappa shape index (κ3) is 4.61. The molecule has 0 saturated heterocycles. The van der Waals surface area contributed by atoms with Crippen LogP contribution in [-0.2, 0) is 6.54 Å². The Bertz CT molecular complexity index is 997. The van der Waals surface area contributed by atoms with Crippen molar-refractivity contribution in [2.75, 3.05) is 11.9 Å². The highest BCUT2D eigenvalue weighted by molar-refractivity contribution is 6.04. The Morgan fingerprint density at radius 1 is 1.11 bits per heavy atom. The lowest BCUT2D eigenvalue weighted by molar-refractivity contribution is 0.102. The highest BCUT2D eigenvalue weighted by Gasteiger charge is 2.13. The molecule has 1 amide bonds. The summed E-state index contributed by atoms with van der Waals surface area (Å²) in [5.41, 5.74) is 0.776. The van der Waals surface area contributed by atoms with Gasteiger partial charge in [-0.05, 0) is 61.0 Å². The SMILES string of the molecule is CCOc1ccc(NC(=O)c2cccn(Cc3cccc(F)c3)c2=O)cc1. The Balaban J connectivity index is 1.78. The second-order valence-corrected chi connectivity index (χ2v) is 5.90. The van der Waals surface area contributed by atoms with E-state index in [-0.39, 0.29) is 17.9 Å². The number of carbonyl (C=O) groups is 1. The van der Waals surface area contributed by atoms with Gasteiger partial charge >= 0.3 is 0 Å². The Labute approximate surface area is 156 Å². The van der Waals surface area contributed by atoms with Gasteiger partial charge in [0, 0.05) is 11.9 Å². The van der Waals surface area contributed by atoms with Crippen molar-refractivity contribution in [2.45, 2.75) is 13.5 Å². The normalized spacial score (nSPS) is 10.4. The molecule has 6 heteroatoms. The average Bonchev–Trinajstić information content (AvgIpc) is 2.65. The smallest absolute Gasteiger partial charge is 0.263 e. The molecular formula is C21H19FN2O3. The second-order valence-electron chi connectivity index (χ2n) is 5.90. The van der Waals surface area contributed by atoms with E-state index in [9.17, 15) is 14.0 Å². The first-order valence-electron chi connectivity index (χ1n) is 8.55. The summed E-state index contributed by atoms with van der Waals surface area (Å²) >= 11 is 0. The number of anilines is 1. The molecule has 3 rings (SSSR count). The molecule has 1 N–H and O–H groups in total. The summed E-state index contributed by atoms with van der Waals surface area (Å²) < 4.78 is 20.1. The molecule has 0 atom stereocenters. The van der Waals surface area contributed by atoms with Crippen LogP contribution in [0.25, 0.3) is 0 Å². The number of pyridine rings is 1. The highest BCUT2D eigenvalue weighted by Crippen LogP contribution is 2.16. The number of ether oxygens (including phenoxy) is 1. The Hall–Kier alpha value is -3.41. The van der Waals surface area contributed by atoms with Crippen LogP contribution in [0.4, 0.5) is 10.1 Å². The lowest BCUT2D eigenvalue weighted by Gasteiger charge is -2.10. The van der Waals surface area contributed by atoms with Crippen LogP contribution in [0.15, 0.2) is 71.7 Å². The maximum atomic E-state index is 13.3. The number of carbonyl (C=O) groups excluding carboxylic acids is 1.